The highest BCUT2D eigenvalue weighted by Crippen LogP contribution is 2.62. The summed E-state index contributed by atoms with van der Waals surface area (Å²) in [4.78, 5) is 24.5. The molecular formula is C54H62FN3O7S. The van der Waals surface area contributed by atoms with Crippen LogP contribution in [0.3, 0.4) is 0 Å². The molecular weight excluding hydrogens is 854 g/mol. The Morgan fingerprint density at radius 2 is 1.73 bits per heavy atom. The molecule has 0 radical (unpaired) electrons. The van der Waals surface area contributed by atoms with Crippen molar-refractivity contribution in [1.29, 1.82) is 5.26 Å². The van der Waals surface area contributed by atoms with Crippen molar-refractivity contribution in [3.8, 4) is 17.6 Å². The van der Waals surface area contributed by atoms with Crippen LogP contribution in [0.1, 0.15) is 98.7 Å². The number of rotatable bonds is 21. The lowest BCUT2D eigenvalue weighted by Crippen LogP contribution is -2.70. The molecule has 1 heterocycles. The molecule has 6 atom stereocenters. The predicted molar refractivity (Wildman–Crippen MR) is 256 cm³/mol. The minimum atomic E-state index is -1.51. The van der Waals surface area contributed by atoms with Crippen molar-refractivity contribution in [3.63, 3.8) is 0 Å². The summed E-state index contributed by atoms with van der Waals surface area (Å²) in [5, 5.41) is 34.6. The van der Waals surface area contributed by atoms with E-state index in [-0.39, 0.29) is 56.4 Å². The smallest absolute Gasteiger partial charge is 0.254 e. The Morgan fingerprint density at radius 3 is 2.41 bits per heavy atom. The first kappa shape index (κ1) is 48.5. The summed E-state index contributed by atoms with van der Waals surface area (Å²) in [5.41, 5.74) is 3.36. The van der Waals surface area contributed by atoms with Crippen molar-refractivity contribution >= 4 is 23.4 Å². The monoisotopic (exact) mass is 915 g/mol. The second kappa shape index (κ2) is 22.4. The molecule has 12 heteroatoms. The molecule has 1 saturated carbocycles. The van der Waals surface area contributed by atoms with Gasteiger partial charge < -0.3 is 34.2 Å². The van der Waals surface area contributed by atoms with Gasteiger partial charge in [-0.25, -0.2) is 4.39 Å². The van der Waals surface area contributed by atoms with E-state index in [0.29, 0.717) is 53.3 Å². The number of unbranched alkanes of at least 4 members (excludes halogenated alkanes) is 2. The number of nitrogens with zero attached hydrogens (tertiary/aromatic N) is 3. The van der Waals surface area contributed by atoms with Crippen molar-refractivity contribution in [2.45, 2.75) is 101 Å². The number of carbonyl (C=O) groups is 1. The first-order chi connectivity index (χ1) is 32.0. The van der Waals surface area contributed by atoms with E-state index in [2.05, 4.69) is 36.9 Å². The van der Waals surface area contributed by atoms with Crippen LogP contribution in [-0.2, 0) is 16.1 Å². The third-order valence-corrected chi connectivity index (χ3v) is 13.6. The number of oxime groups is 1. The number of aliphatic hydroxyl groups excluding tert-OH is 2. The van der Waals surface area contributed by atoms with Crippen LogP contribution in [0.25, 0.3) is 0 Å². The van der Waals surface area contributed by atoms with E-state index in [1.807, 2.05) is 51.1 Å². The van der Waals surface area contributed by atoms with Gasteiger partial charge in [-0.1, -0.05) is 60.5 Å². The van der Waals surface area contributed by atoms with Crippen LogP contribution in [0.2, 0.25) is 0 Å². The third-order valence-electron chi connectivity index (χ3n) is 12.6. The zero-order valence-corrected chi connectivity index (χ0v) is 39.1. The topological polar surface area (TPSA) is 134 Å². The van der Waals surface area contributed by atoms with Gasteiger partial charge in [0.1, 0.15) is 29.0 Å². The van der Waals surface area contributed by atoms with Gasteiger partial charge in [0.2, 0.25) is 5.79 Å². The molecule has 0 aromatic heterocycles. The van der Waals surface area contributed by atoms with Gasteiger partial charge in [-0.05, 0) is 136 Å². The number of hydrogen-bond donors (Lipinski definition) is 2. The molecule has 66 heavy (non-hydrogen) atoms. The Kier molecular flexibility index (Phi) is 16.4. The number of ether oxygens (including phenoxy) is 3. The molecule has 0 bridgehead atoms. The van der Waals surface area contributed by atoms with Crippen LogP contribution in [0.15, 0.2) is 131 Å². The fraction of sp³-hybridized carbons (Fsp3) is 0.426. The van der Waals surface area contributed by atoms with Gasteiger partial charge in [-0.2, -0.15) is 5.26 Å². The number of benzene rings is 4. The van der Waals surface area contributed by atoms with Crippen molar-refractivity contribution in [3.05, 3.63) is 149 Å². The van der Waals surface area contributed by atoms with E-state index in [4.69, 9.17) is 24.2 Å². The van der Waals surface area contributed by atoms with Gasteiger partial charge in [-0.15, -0.1) is 18.3 Å². The van der Waals surface area contributed by atoms with Crippen LogP contribution in [-0.4, -0.2) is 76.3 Å². The zero-order valence-electron chi connectivity index (χ0n) is 38.2. The number of hydrogen-bond acceptors (Lipinski definition) is 10. The van der Waals surface area contributed by atoms with E-state index in [1.54, 1.807) is 59.1 Å². The molecule has 1 amide bonds. The fourth-order valence-electron chi connectivity index (χ4n) is 9.73. The Hall–Kier alpha value is -5.45. The molecule has 0 spiro atoms. The number of nitriles is 1. The summed E-state index contributed by atoms with van der Waals surface area (Å²) >= 11 is 1.73. The largest absolute Gasteiger partial charge is 0.493 e. The normalized spacial score (nSPS) is 22.5. The number of amides is 1. The van der Waals surface area contributed by atoms with E-state index in [1.165, 1.54) is 17.0 Å². The Morgan fingerprint density at radius 1 is 1.00 bits per heavy atom. The number of allylic oxidation sites excluding steroid dienone is 1. The minimum absolute atomic E-state index is 0.0190. The predicted octanol–water partition coefficient (Wildman–Crippen LogP) is 10.6. The molecule has 4 aromatic carbocycles. The van der Waals surface area contributed by atoms with E-state index in [0.717, 1.165) is 42.6 Å². The molecule has 0 saturated heterocycles. The van der Waals surface area contributed by atoms with Crippen LogP contribution >= 0.6 is 11.8 Å². The van der Waals surface area contributed by atoms with Crippen LogP contribution in [0.5, 0.6) is 11.5 Å². The summed E-state index contributed by atoms with van der Waals surface area (Å²) in [6.07, 6.45) is 8.66. The van der Waals surface area contributed by atoms with Gasteiger partial charge in [0.15, 0.2) is 0 Å². The van der Waals surface area contributed by atoms with Crippen LogP contribution in [0.4, 0.5) is 4.39 Å². The first-order valence-electron chi connectivity index (χ1n) is 23.1. The Labute approximate surface area is 393 Å². The number of thioether (sulfide) groups is 1. The molecule has 348 valence electrons. The zero-order chi connectivity index (χ0) is 46.7. The standard InChI is InChI=1S/C54H62FN3O7S/c1-5-29-63-54-49(58(36-38-19-23-41(55)24-20-38)52(61)39-21-17-37(35-56)18-22-39)34-47(57-65-53(2,3)4)45-32-40(13-9-11-27-59)44(16-10-12-28-60)50(51(45)54)46-33-42(25-26-48(46)64-54)62-30-31-66-43-14-7-6-8-15-43/h5-8,14-15,17-26,32-33,40,44,49-51,59-60H,1,9-13,16,27-31,34,36H2,2-4H3. The molecule has 7 rings (SSSR count). The van der Waals surface area contributed by atoms with E-state index < -0.39 is 29.2 Å². The second-order valence-corrected chi connectivity index (χ2v) is 19.4. The number of fused-ring (bicyclic) bond motifs is 2. The van der Waals surface area contributed by atoms with Crippen molar-refractivity contribution < 1.29 is 38.4 Å². The molecule has 4 aromatic rings. The maximum absolute atomic E-state index is 15.3. The highest BCUT2D eigenvalue weighted by atomic mass is 32.2. The van der Waals surface area contributed by atoms with Crippen LogP contribution < -0.4 is 9.47 Å². The summed E-state index contributed by atoms with van der Waals surface area (Å²) in [6, 6.07) is 30.2. The maximum Gasteiger partial charge on any atom is 0.254 e. The molecule has 3 aliphatic rings. The lowest BCUT2D eigenvalue weighted by atomic mass is 9.55. The van der Waals surface area contributed by atoms with Gasteiger partial charge in [-0.3, -0.25) is 4.79 Å². The average molecular weight is 916 g/mol. The third kappa shape index (κ3) is 11.4. The molecule has 1 aliphatic heterocycles. The van der Waals surface area contributed by atoms with Gasteiger partial charge >= 0.3 is 0 Å². The fourth-order valence-corrected chi connectivity index (χ4v) is 10.5. The van der Waals surface area contributed by atoms with Crippen molar-refractivity contribution in [2.24, 2.45) is 22.9 Å². The van der Waals surface area contributed by atoms with E-state index >= 15 is 4.79 Å². The Bertz CT molecular complexity index is 2360. The number of halogens is 1. The number of carbonyl (C=O) groups excluding carboxylic acids is 1. The molecule has 10 nitrogen and oxygen atoms in total. The van der Waals surface area contributed by atoms with Crippen LogP contribution in [0, 0.1) is 34.9 Å². The average Bonchev–Trinajstić information content (AvgIpc) is 3.32. The van der Waals surface area contributed by atoms with E-state index in [9.17, 15) is 19.9 Å². The molecule has 2 aliphatic carbocycles. The summed E-state index contributed by atoms with van der Waals surface area (Å²) < 4.78 is 35.5. The molecule has 2 N–H and O–H groups in total. The maximum atomic E-state index is 15.3. The van der Waals surface area contributed by atoms with Crippen molar-refractivity contribution in [2.75, 3.05) is 32.2 Å². The van der Waals surface area contributed by atoms with Gasteiger partial charge in [0, 0.05) is 53.9 Å². The first-order valence-corrected chi connectivity index (χ1v) is 24.1. The minimum Gasteiger partial charge on any atom is -0.493 e. The molecule has 6 unspecified atom stereocenters. The number of aliphatic hydroxyl groups is 2. The lowest BCUT2D eigenvalue weighted by Gasteiger charge is -2.60. The molecule has 1 fully saturated rings. The second-order valence-electron chi connectivity index (χ2n) is 18.2. The summed E-state index contributed by atoms with van der Waals surface area (Å²) in [6.45, 7) is 10.7. The van der Waals surface area contributed by atoms with Crippen molar-refractivity contribution in [1.82, 2.24) is 4.90 Å². The SMILES string of the molecule is C=CCOC12Oc3ccc(OCCSc4ccccc4)cc3C3C(CCCCO)C(CCCCO)C=C(C(=NOC(C)(C)C)CC1N(Cc1ccc(F)cc1)C(=O)c1ccc(C#N)cc1)C32. The quantitative estimate of drug-likeness (QED) is 0.0363. The highest BCUT2D eigenvalue weighted by molar-refractivity contribution is 7.99. The van der Waals surface area contributed by atoms with Gasteiger partial charge in [0.25, 0.3) is 5.91 Å². The highest BCUT2D eigenvalue weighted by Gasteiger charge is 2.65. The van der Waals surface area contributed by atoms with Gasteiger partial charge in [0.05, 0.1) is 36.5 Å². The Balaban J connectivity index is 1.43. The lowest BCUT2D eigenvalue weighted by molar-refractivity contribution is -0.255. The summed E-state index contributed by atoms with van der Waals surface area (Å²) in [7, 11) is 0. The summed E-state index contributed by atoms with van der Waals surface area (Å²) in [5.74, 6) is -0.896.